The van der Waals surface area contributed by atoms with Crippen molar-refractivity contribution in [1.29, 1.82) is 0 Å². The molecule has 0 saturated carbocycles. The summed E-state index contributed by atoms with van der Waals surface area (Å²) in [6.07, 6.45) is 1.57. The highest BCUT2D eigenvalue weighted by atomic mass is 35.5. The van der Waals surface area contributed by atoms with Gasteiger partial charge in [-0.3, -0.25) is 4.79 Å². The Morgan fingerprint density at radius 1 is 1.00 bits per heavy atom. The van der Waals surface area contributed by atoms with Crippen LogP contribution in [0.25, 0.3) is 0 Å². The highest BCUT2D eigenvalue weighted by Gasteiger charge is 2.18. The maximum atomic E-state index is 12.7. The highest BCUT2D eigenvalue weighted by molar-refractivity contribution is 6.31. The molecule has 2 aromatic carbocycles. The van der Waals surface area contributed by atoms with E-state index in [2.05, 4.69) is 0 Å². The Labute approximate surface area is 155 Å². The topological polar surface area (TPSA) is 42.7 Å². The lowest BCUT2D eigenvalue weighted by Gasteiger charge is -2.22. The fourth-order valence-corrected chi connectivity index (χ4v) is 2.59. The van der Waals surface area contributed by atoms with E-state index in [4.69, 9.17) is 32.4 Å². The van der Waals surface area contributed by atoms with Gasteiger partial charge >= 0.3 is 0 Å². The minimum absolute atomic E-state index is 0.116. The molecule has 0 N–H and O–H groups in total. The third-order valence-corrected chi connectivity index (χ3v) is 3.98. The van der Waals surface area contributed by atoms with E-state index in [1.807, 2.05) is 12.1 Å². The fourth-order valence-electron chi connectivity index (χ4n) is 2.28. The van der Waals surface area contributed by atoms with Crippen LogP contribution in [0.3, 0.4) is 0 Å². The summed E-state index contributed by atoms with van der Waals surface area (Å²) in [6, 6.07) is 17.5. The monoisotopic (exact) mass is 375 g/mol. The SMILES string of the molecule is O=C(COc1ccc(Cl)cc1)N(Cc1ccco1)c1cccc(Cl)c1. The van der Waals surface area contributed by atoms with Crippen LogP contribution >= 0.6 is 23.2 Å². The minimum atomic E-state index is -0.214. The summed E-state index contributed by atoms with van der Waals surface area (Å²) in [7, 11) is 0. The van der Waals surface area contributed by atoms with Crippen molar-refractivity contribution in [3.05, 3.63) is 82.7 Å². The second kappa shape index (κ2) is 8.10. The summed E-state index contributed by atoms with van der Waals surface area (Å²) in [6.45, 7) is 0.172. The first-order valence-corrected chi connectivity index (χ1v) is 8.34. The molecule has 1 amide bonds. The molecule has 0 aliphatic rings. The predicted molar refractivity (Wildman–Crippen MR) is 98.3 cm³/mol. The van der Waals surface area contributed by atoms with Crippen LogP contribution in [-0.2, 0) is 11.3 Å². The average molecular weight is 376 g/mol. The number of anilines is 1. The lowest BCUT2D eigenvalue weighted by molar-refractivity contribution is -0.120. The third kappa shape index (κ3) is 4.78. The van der Waals surface area contributed by atoms with Gasteiger partial charge in [-0.15, -0.1) is 0 Å². The predicted octanol–water partition coefficient (Wildman–Crippen LogP) is 5.20. The molecular weight excluding hydrogens is 361 g/mol. The van der Waals surface area contributed by atoms with E-state index in [0.717, 1.165) is 0 Å². The molecule has 0 atom stereocenters. The highest BCUT2D eigenvalue weighted by Crippen LogP contribution is 2.22. The van der Waals surface area contributed by atoms with E-state index in [-0.39, 0.29) is 19.1 Å². The first-order valence-electron chi connectivity index (χ1n) is 7.58. The molecule has 3 rings (SSSR count). The summed E-state index contributed by atoms with van der Waals surface area (Å²) < 4.78 is 10.9. The van der Waals surface area contributed by atoms with E-state index < -0.39 is 0 Å². The molecule has 0 spiro atoms. The van der Waals surface area contributed by atoms with Gasteiger partial charge in [0.1, 0.15) is 11.5 Å². The first-order chi connectivity index (χ1) is 12.1. The number of halogens is 2. The average Bonchev–Trinajstić information content (AvgIpc) is 3.12. The largest absolute Gasteiger partial charge is 0.484 e. The first kappa shape index (κ1) is 17.4. The smallest absolute Gasteiger partial charge is 0.265 e. The molecule has 0 aliphatic heterocycles. The summed E-state index contributed by atoms with van der Waals surface area (Å²) in [5, 5.41) is 1.16. The molecule has 0 saturated heterocycles. The standard InChI is InChI=1S/C19H15Cl2NO3/c20-14-6-8-17(9-7-14)25-13-19(23)22(12-18-5-2-10-24-18)16-4-1-3-15(21)11-16/h1-11H,12-13H2. The van der Waals surface area contributed by atoms with Crippen LogP contribution < -0.4 is 9.64 Å². The lowest BCUT2D eigenvalue weighted by Crippen LogP contribution is -2.34. The summed E-state index contributed by atoms with van der Waals surface area (Å²) in [5.74, 6) is 1.02. The number of rotatable bonds is 6. The Morgan fingerprint density at radius 3 is 2.48 bits per heavy atom. The van der Waals surface area contributed by atoms with Crippen LogP contribution in [0.5, 0.6) is 5.75 Å². The van der Waals surface area contributed by atoms with Crippen LogP contribution in [0, 0.1) is 0 Å². The van der Waals surface area contributed by atoms with Crippen molar-refractivity contribution in [2.75, 3.05) is 11.5 Å². The molecular formula is C19H15Cl2NO3. The Hall–Kier alpha value is -2.43. The van der Waals surface area contributed by atoms with E-state index in [9.17, 15) is 4.79 Å². The molecule has 3 aromatic rings. The Balaban J connectivity index is 1.75. The van der Waals surface area contributed by atoms with E-state index >= 15 is 0 Å². The van der Waals surface area contributed by atoms with E-state index in [0.29, 0.717) is 27.2 Å². The van der Waals surface area contributed by atoms with Crippen molar-refractivity contribution in [2.24, 2.45) is 0 Å². The zero-order valence-electron chi connectivity index (χ0n) is 13.2. The van der Waals surface area contributed by atoms with Crippen molar-refractivity contribution in [1.82, 2.24) is 0 Å². The van der Waals surface area contributed by atoms with Crippen molar-refractivity contribution >= 4 is 34.8 Å². The van der Waals surface area contributed by atoms with Gasteiger partial charge < -0.3 is 14.1 Å². The molecule has 0 fully saturated rings. The minimum Gasteiger partial charge on any atom is -0.484 e. The molecule has 128 valence electrons. The van der Waals surface area contributed by atoms with Crippen LogP contribution in [0.1, 0.15) is 5.76 Å². The van der Waals surface area contributed by atoms with Crippen molar-refractivity contribution in [3.8, 4) is 5.75 Å². The molecule has 0 unspecified atom stereocenters. The van der Waals surface area contributed by atoms with Crippen LogP contribution in [0.15, 0.2) is 71.3 Å². The van der Waals surface area contributed by atoms with Crippen molar-refractivity contribution < 1.29 is 13.9 Å². The number of nitrogens with zero attached hydrogens (tertiary/aromatic N) is 1. The van der Waals surface area contributed by atoms with Crippen molar-refractivity contribution in [2.45, 2.75) is 6.54 Å². The van der Waals surface area contributed by atoms with Gasteiger partial charge in [0.2, 0.25) is 0 Å². The normalized spacial score (nSPS) is 10.5. The van der Waals surface area contributed by atoms with E-state index in [1.165, 1.54) is 0 Å². The van der Waals surface area contributed by atoms with Gasteiger partial charge in [0.25, 0.3) is 5.91 Å². The van der Waals surface area contributed by atoms with Crippen LogP contribution in [0.2, 0.25) is 10.0 Å². The summed E-state index contributed by atoms with van der Waals surface area (Å²) >= 11 is 11.9. The van der Waals surface area contributed by atoms with Gasteiger partial charge in [-0.05, 0) is 54.6 Å². The molecule has 0 radical (unpaired) electrons. The van der Waals surface area contributed by atoms with Gasteiger partial charge in [-0.25, -0.2) is 0 Å². The van der Waals surface area contributed by atoms with Gasteiger partial charge in [0.15, 0.2) is 6.61 Å². The zero-order valence-corrected chi connectivity index (χ0v) is 14.7. The summed E-state index contributed by atoms with van der Waals surface area (Å²) in [5.41, 5.74) is 0.675. The Morgan fingerprint density at radius 2 is 1.80 bits per heavy atom. The van der Waals surface area contributed by atoms with Gasteiger partial charge in [-0.2, -0.15) is 0 Å². The number of carbonyl (C=O) groups is 1. The van der Waals surface area contributed by atoms with Gasteiger partial charge in [0.05, 0.1) is 12.8 Å². The number of furan rings is 1. The van der Waals surface area contributed by atoms with Crippen LogP contribution in [0.4, 0.5) is 5.69 Å². The molecule has 1 heterocycles. The molecule has 1 aromatic heterocycles. The summed E-state index contributed by atoms with van der Waals surface area (Å²) in [4.78, 5) is 14.3. The lowest BCUT2D eigenvalue weighted by atomic mass is 10.2. The number of hydrogen-bond donors (Lipinski definition) is 0. The quantitative estimate of drug-likeness (QED) is 0.594. The number of hydrogen-bond acceptors (Lipinski definition) is 3. The van der Waals surface area contributed by atoms with Crippen molar-refractivity contribution in [3.63, 3.8) is 0 Å². The van der Waals surface area contributed by atoms with Gasteiger partial charge in [-0.1, -0.05) is 29.3 Å². The number of benzene rings is 2. The number of amides is 1. The maximum Gasteiger partial charge on any atom is 0.265 e. The van der Waals surface area contributed by atoms with Crippen LogP contribution in [-0.4, -0.2) is 12.5 Å². The molecule has 25 heavy (non-hydrogen) atoms. The Bertz CT molecular complexity index is 832. The molecule has 4 nitrogen and oxygen atoms in total. The molecule has 6 heteroatoms. The second-order valence-electron chi connectivity index (χ2n) is 5.28. The Kier molecular flexibility index (Phi) is 5.64. The van der Waals surface area contributed by atoms with Gasteiger partial charge in [0, 0.05) is 15.7 Å². The molecule has 0 bridgehead atoms. The van der Waals surface area contributed by atoms with E-state index in [1.54, 1.807) is 59.7 Å². The number of carbonyl (C=O) groups excluding carboxylic acids is 1. The number of ether oxygens (including phenoxy) is 1. The molecule has 0 aliphatic carbocycles. The maximum absolute atomic E-state index is 12.7. The fraction of sp³-hybridized carbons (Fsp3) is 0.105. The second-order valence-corrected chi connectivity index (χ2v) is 6.15. The zero-order chi connectivity index (χ0) is 17.6. The third-order valence-electron chi connectivity index (χ3n) is 3.49.